The zero-order chi connectivity index (χ0) is 20.7. The molecule has 1 aromatic heterocycles. The first-order valence-corrected chi connectivity index (χ1v) is 9.85. The van der Waals surface area contributed by atoms with Crippen molar-refractivity contribution in [1.29, 1.82) is 0 Å². The van der Waals surface area contributed by atoms with E-state index in [4.69, 9.17) is 5.73 Å². The number of pyridine rings is 1. The zero-order valence-corrected chi connectivity index (χ0v) is 15.9. The van der Waals surface area contributed by atoms with Crippen LogP contribution in [0.3, 0.4) is 0 Å². The Labute approximate surface area is 160 Å². The Morgan fingerprint density at radius 3 is 2.68 bits per heavy atom. The van der Waals surface area contributed by atoms with Crippen LogP contribution in [-0.4, -0.2) is 42.7 Å². The summed E-state index contributed by atoms with van der Waals surface area (Å²) in [6.45, 7) is 1.52. The summed E-state index contributed by atoms with van der Waals surface area (Å²) in [7, 11) is -2.39. The van der Waals surface area contributed by atoms with E-state index < -0.39 is 45.1 Å². The van der Waals surface area contributed by atoms with E-state index in [0.29, 0.717) is 0 Å². The smallest absolute Gasteiger partial charge is 0.274 e. The van der Waals surface area contributed by atoms with Crippen molar-refractivity contribution in [3.05, 3.63) is 59.4 Å². The van der Waals surface area contributed by atoms with E-state index in [1.165, 1.54) is 32.2 Å². The number of nitrogens with two attached hydrogens (primary N) is 1. The van der Waals surface area contributed by atoms with Gasteiger partial charge in [-0.05, 0) is 37.3 Å². The molecule has 0 radical (unpaired) electrons. The highest BCUT2D eigenvalue weighted by Crippen LogP contribution is 2.32. The quantitative estimate of drug-likeness (QED) is 0.692. The first-order chi connectivity index (χ1) is 13.0. The number of aromatic nitrogens is 1. The number of halogens is 2. The average Bonchev–Trinajstić information content (AvgIpc) is 2.61. The van der Waals surface area contributed by atoms with Gasteiger partial charge in [0.15, 0.2) is 0 Å². The highest BCUT2D eigenvalue weighted by atomic mass is 32.2. The number of carbonyl (C=O) groups excluding carboxylic acids is 1. The summed E-state index contributed by atoms with van der Waals surface area (Å²) in [5, 5.41) is 5.42. The van der Waals surface area contributed by atoms with Crippen molar-refractivity contribution >= 4 is 21.6 Å². The van der Waals surface area contributed by atoms with Crippen molar-refractivity contribution in [3.63, 3.8) is 0 Å². The highest BCUT2D eigenvalue weighted by molar-refractivity contribution is 7.89. The monoisotopic (exact) mass is 411 g/mol. The lowest BCUT2D eigenvalue weighted by molar-refractivity contribution is 0.102. The largest absolute Gasteiger partial charge is 0.321 e. The zero-order valence-electron chi connectivity index (χ0n) is 15.1. The van der Waals surface area contributed by atoms with Crippen LogP contribution in [0.5, 0.6) is 0 Å². The molecule has 0 saturated carbocycles. The minimum absolute atomic E-state index is 0.0273. The highest BCUT2D eigenvalue weighted by Gasteiger charge is 2.44. The lowest BCUT2D eigenvalue weighted by Gasteiger charge is -2.42. The molecule has 4 N–H and O–H groups in total. The Morgan fingerprint density at radius 2 is 2.07 bits per heavy atom. The van der Waals surface area contributed by atoms with E-state index in [9.17, 15) is 22.0 Å². The summed E-state index contributed by atoms with van der Waals surface area (Å²) in [4.78, 5) is 15.9. The van der Waals surface area contributed by atoms with E-state index in [1.807, 2.05) is 0 Å². The van der Waals surface area contributed by atoms with Gasteiger partial charge in [0.25, 0.3) is 5.91 Å². The maximum absolute atomic E-state index is 14.5. The van der Waals surface area contributed by atoms with Gasteiger partial charge < -0.3 is 11.1 Å². The van der Waals surface area contributed by atoms with Crippen molar-refractivity contribution in [2.45, 2.75) is 18.8 Å². The molecule has 2 aromatic rings. The van der Waals surface area contributed by atoms with Crippen LogP contribution in [0, 0.1) is 11.6 Å². The van der Waals surface area contributed by atoms with Crippen molar-refractivity contribution in [3.8, 4) is 0 Å². The molecule has 0 bridgehead atoms. The summed E-state index contributed by atoms with van der Waals surface area (Å²) in [6, 6.07) is 6.07. The molecule has 2 atom stereocenters. The van der Waals surface area contributed by atoms with Crippen LogP contribution in [0.4, 0.5) is 14.5 Å². The second-order valence-electron chi connectivity index (χ2n) is 6.70. The number of rotatable bonds is 3. The van der Waals surface area contributed by atoms with Crippen molar-refractivity contribution in [1.82, 2.24) is 14.6 Å². The van der Waals surface area contributed by atoms with Gasteiger partial charge in [-0.3, -0.25) is 10.1 Å². The van der Waals surface area contributed by atoms with Crippen molar-refractivity contribution in [2.24, 2.45) is 5.73 Å². The van der Waals surface area contributed by atoms with Gasteiger partial charge in [0, 0.05) is 18.3 Å². The Bertz CT molecular complexity index is 1020. The molecule has 1 aliphatic rings. The number of nitrogens with one attached hydrogen (secondary N) is 2. The molecule has 0 aliphatic carbocycles. The first-order valence-electron chi connectivity index (χ1n) is 8.24. The van der Waals surface area contributed by atoms with Crippen LogP contribution in [0.25, 0.3) is 0 Å². The molecule has 28 heavy (non-hydrogen) atoms. The van der Waals surface area contributed by atoms with Gasteiger partial charge in [0.1, 0.15) is 23.6 Å². The molecule has 2 heterocycles. The fraction of sp³-hybridized carbons (Fsp3) is 0.294. The van der Waals surface area contributed by atoms with Gasteiger partial charge in [0.05, 0.1) is 17.5 Å². The maximum Gasteiger partial charge on any atom is 0.274 e. The molecule has 0 spiro atoms. The van der Waals surface area contributed by atoms with Crippen molar-refractivity contribution < 1.29 is 22.0 Å². The minimum Gasteiger partial charge on any atom is -0.321 e. The minimum atomic E-state index is -3.72. The Balaban J connectivity index is 1.91. The second kappa shape index (κ2) is 7.17. The van der Waals surface area contributed by atoms with E-state index in [1.54, 1.807) is 0 Å². The number of nitrogens with zero attached hydrogens (tertiary/aromatic N) is 2. The van der Waals surface area contributed by atoms with Gasteiger partial charge in [-0.15, -0.1) is 0 Å². The van der Waals surface area contributed by atoms with Crippen LogP contribution in [0.15, 0.2) is 36.5 Å². The molecule has 1 aromatic carbocycles. The number of hydrogen-bond donors (Lipinski definition) is 3. The molecular weight excluding hydrogens is 392 g/mol. The molecule has 1 saturated heterocycles. The Morgan fingerprint density at radius 1 is 1.36 bits per heavy atom. The molecule has 1 fully saturated rings. The van der Waals surface area contributed by atoms with Gasteiger partial charge in [0.2, 0.25) is 10.0 Å². The second-order valence-corrected chi connectivity index (χ2v) is 8.73. The average molecular weight is 411 g/mol. The third-order valence-electron chi connectivity index (χ3n) is 4.55. The van der Waals surface area contributed by atoms with Crippen molar-refractivity contribution in [2.75, 3.05) is 18.1 Å². The fourth-order valence-corrected chi connectivity index (χ4v) is 4.56. The number of anilines is 1. The number of hydrogen-bond acceptors (Lipinski definition) is 6. The molecule has 8 nitrogen and oxygen atoms in total. The van der Waals surface area contributed by atoms with Crippen LogP contribution in [-0.2, 0) is 15.6 Å². The van der Waals surface area contributed by atoms with Gasteiger partial charge in [-0.25, -0.2) is 22.2 Å². The normalized spacial score (nSPS) is 24.7. The third kappa shape index (κ3) is 3.87. The van der Waals surface area contributed by atoms with Gasteiger partial charge in [-0.2, -0.15) is 4.31 Å². The predicted octanol–water partition coefficient (Wildman–Crippen LogP) is 0.934. The van der Waals surface area contributed by atoms with E-state index in [2.05, 4.69) is 15.6 Å². The van der Waals surface area contributed by atoms with Crippen LogP contribution >= 0.6 is 0 Å². The number of carbonyl (C=O) groups is 1. The topological polar surface area (TPSA) is 117 Å². The molecule has 1 aliphatic heterocycles. The van der Waals surface area contributed by atoms with E-state index >= 15 is 0 Å². The Kier molecular flexibility index (Phi) is 5.19. The summed E-state index contributed by atoms with van der Waals surface area (Å²) >= 11 is 0. The van der Waals surface area contributed by atoms with E-state index in [-0.39, 0.29) is 16.9 Å². The summed E-state index contributed by atoms with van der Waals surface area (Å²) < 4.78 is 53.1. The summed E-state index contributed by atoms with van der Waals surface area (Å²) in [5.74, 6) is -2.28. The number of amides is 1. The standard InChI is InChI=1S/C17H19F2N5O3S/c1-17(9-28(26,27)24(2)16(20)23-17)12-7-11(4-5-13(12)19)22-15(25)14-6-3-10(18)8-21-14/h3-8,16,23H,9,20H2,1-2H3,(H,22,25). The SMILES string of the molecule is CN1C(N)NC(C)(c2cc(NC(=O)c3ccc(F)cn3)ccc2F)CS1(=O)=O. The first kappa shape index (κ1) is 20.3. The van der Waals surface area contributed by atoms with Crippen LogP contribution in [0.2, 0.25) is 0 Å². The van der Waals surface area contributed by atoms with Gasteiger partial charge in [-0.1, -0.05) is 0 Å². The third-order valence-corrected chi connectivity index (χ3v) is 6.59. The predicted molar refractivity (Wildman–Crippen MR) is 98.6 cm³/mol. The van der Waals surface area contributed by atoms with E-state index in [0.717, 1.165) is 22.6 Å². The number of sulfonamides is 1. The van der Waals surface area contributed by atoms with Crippen LogP contribution in [0.1, 0.15) is 23.0 Å². The maximum atomic E-state index is 14.5. The molecule has 1 amide bonds. The number of benzene rings is 1. The summed E-state index contributed by atoms with van der Waals surface area (Å²) in [5.41, 5.74) is 4.74. The molecule has 11 heteroatoms. The lowest BCUT2D eigenvalue weighted by atomic mass is 9.92. The fourth-order valence-electron chi connectivity index (χ4n) is 2.99. The Hall–Kier alpha value is -2.47. The van der Waals surface area contributed by atoms with Gasteiger partial charge >= 0.3 is 0 Å². The molecule has 3 rings (SSSR count). The molecular formula is C17H19F2N5O3S. The molecule has 150 valence electrons. The van der Waals surface area contributed by atoms with Crippen LogP contribution < -0.4 is 16.4 Å². The molecule has 2 unspecified atom stereocenters. The summed E-state index contributed by atoms with van der Waals surface area (Å²) in [6.07, 6.45) is -0.134. The lowest BCUT2D eigenvalue weighted by Crippen LogP contribution is -2.66.